The number of rotatable bonds is 5. The van der Waals surface area contributed by atoms with Crippen molar-refractivity contribution in [1.82, 2.24) is 4.98 Å². The molecule has 7 heteroatoms. The second kappa shape index (κ2) is 6.49. The lowest BCUT2D eigenvalue weighted by Gasteiger charge is -2.11. The summed E-state index contributed by atoms with van der Waals surface area (Å²) in [6.07, 6.45) is -3.19. The predicted molar refractivity (Wildman–Crippen MR) is 61.9 cm³/mol. The summed E-state index contributed by atoms with van der Waals surface area (Å²) < 4.78 is 30.5. The van der Waals surface area contributed by atoms with Crippen molar-refractivity contribution in [3.63, 3.8) is 0 Å². The first-order valence-electron chi connectivity index (χ1n) is 5.24. The Morgan fingerprint density at radius 1 is 1.56 bits per heavy atom. The maximum absolute atomic E-state index is 12.9. The molecule has 1 heterocycles. The van der Waals surface area contributed by atoms with Gasteiger partial charge in [-0.1, -0.05) is 0 Å². The van der Waals surface area contributed by atoms with Crippen molar-refractivity contribution in [3.8, 4) is 0 Å². The highest BCUT2D eigenvalue weighted by atomic mass is 35.5. The average molecular weight is 280 g/mol. The molecule has 0 radical (unpaired) electrons. The normalized spacial score (nSPS) is 10.7. The number of aromatic amines is 1. The van der Waals surface area contributed by atoms with E-state index in [9.17, 15) is 18.4 Å². The fourth-order valence-electron chi connectivity index (χ4n) is 1.57. The van der Waals surface area contributed by atoms with Crippen molar-refractivity contribution in [2.24, 2.45) is 0 Å². The molecule has 1 rings (SSSR count). The fourth-order valence-corrected chi connectivity index (χ4v) is 1.78. The minimum atomic E-state index is -2.82. The molecule has 0 fully saturated rings. The highest BCUT2D eigenvalue weighted by Gasteiger charge is 2.21. The molecule has 0 aliphatic carbocycles. The molecule has 0 unspecified atom stereocenters. The van der Waals surface area contributed by atoms with Crippen LogP contribution in [-0.4, -0.2) is 17.6 Å². The van der Waals surface area contributed by atoms with Crippen molar-refractivity contribution in [2.45, 2.75) is 25.7 Å². The number of H-pyrrole nitrogens is 1. The molecular formula is C11H12ClF2NO3. The number of ether oxygens (including phenoxy) is 1. The van der Waals surface area contributed by atoms with E-state index in [0.717, 1.165) is 6.07 Å². The molecule has 1 N–H and O–H groups in total. The smallest absolute Gasteiger partial charge is 0.310 e. The minimum absolute atomic E-state index is 0.0529. The van der Waals surface area contributed by atoms with Crippen molar-refractivity contribution >= 4 is 17.6 Å². The zero-order valence-electron chi connectivity index (χ0n) is 9.63. The first-order valence-corrected chi connectivity index (χ1v) is 5.77. The summed E-state index contributed by atoms with van der Waals surface area (Å²) in [6, 6.07) is 0.967. The third kappa shape index (κ3) is 3.53. The van der Waals surface area contributed by atoms with Gasteiger partial charge in [0.1, 0.15) is 0 Å². The summed E-state index contributed by atoms with van der Waals surface area (Å²) in [4.78, 5) is 24.8. The molecule has 0 spiro atoms. The van der Waals surface area contributed by atoms with Gasteiger partial charge < -0.3 is 9.72 Å². The number of pyridine rings is 1. The molecule has 0 saturated heterocycles. The van der Waals surface area contributed by atoms with Crippen LogP contribution in [-0.2, 0) is 21.8 Å². The topological polar surface area (TPSA) is 59.2 Å². The van der Waals surface area contributed by atoms with Gasteiger partial charge in [0.05, 0.1) is 18.9 Å². The third-order valence-corrected chi connectivity index (χ3v) is 2.51. The highest BCUT2D eigenvalue weighted by molar-refractivity contribution is 6.17. The van der Waals surface area contributed by atoms with E-state index >= 15 is 0 Å². The van der Waals surface area contributed by atoms with Gasteiger partial charge in [-0.25, -0.2) is 8.78 Å². The van der Waals surface area contributed by atoms with E-state index < -0.39 is 23.5 Å². The summed E-state index contributed by atoms with van der Waals surface area (Å²) in [7, 11) is 0. The standard InChI is InChI=1S/C11H12ClF2NO3/c1-2-18-9(17)4-6-3-8(16)15-7(5-12)10(6)11(13)14/h3,11H,2,4-5H2,1H3,(H,15,16). The van der Waals surface area contributed by atoms with Crippen LogP contribution in [0.5, 0.6) is 0 Å². The molecule has 0 amide bonds. The number of carbonyl (C=O) groups is 1. The zero-order chi connectivity index (χ0) is 13.7. The van der Waals surface area contributed by atoms with Crippen LogP contribution in [0.4, 0.5) is 8.78 Å². The zero-order valence-corrected chi connectivity index (χ0v) is 10.4. The molecule has 0 atom stereocenters. The van der Waals surface area contributed by atoms with E-state index in [1.165, 1.54) is 0 Å². The Morgan fingerprint density at radius 2 is 2.22 bits per heavy atom. The van der Waals surface area contributed by atoms with Gasteiger partial charge >= 0.3 is 5.97 Å². The molecule has 18 heavy (non-hydrogen) atoms. The SMILES string of the molecule is CCOC(=O)Cc1cc(=O)[nH]c(CCl)c1C(F)F. The van der Waals surface area contributed by atoms with Crippen LogP contribution in [0.25, 0.3) is 0 Å². The van der Waals surface area contributed by atoms with E-state index in [1.807, 2.05) is 0 Å². The highest BCUT2D eigenvalue weighted by Crippen LogP contribution is 2.26. The Balaban J connectivity index is 3.19. The van der Waals surface area contributed by atoms with E-state index in [2.05, 4.69) is 9.72 Å². The maximum atomic E-state index is 12.9. The molecule has 0 aliphatic rings. The second-order valence-corrected chi connectivity index (χ2v) is 3.73. The van der Waals surface area contributed by atoms with Gasteiger partial charge in [0.15, 0.2) is 0 Å². The number of esters is 1. The molecule has 0 aliphatic heterocycles. The lowest BCUT2D eigenvalue weighted by atomic mass is 10.0. The van der Waals surface area contributed by atoms with Crippen molar-refractivity contribution in [1.29, 1.82) is 0 Å². The minimum Gasteiger partial charge on any atom is -0.466 e. The average Bonchev–Trinajstić information content (AvgIpc) is 2.27. The Labute approximate surface area is 107 Å². The van der Waals surface area contributed by atoms with Crippen LogP contribution in [0.3, 0.4) is 0 Å². The molecule has 1 aromatic rings. The maximum Gasteiger partial charge on any atom is 0.310 e. The van der Waals surface area contributed by atoms with E-state index in [0.29, 0.717) is 0 Å². The van der Waals surface area contributed by atoms with Gasteiger partial charge in [0.2, 0.25) is 5.56 Å². The van der Waals surface area contributed by atoms with Crippen molar-refractivity contribution in [3.05, 3.63) is 33.2 Å². The van der Waals surface area contributed by atoms with Gasteiger partial charge in [0, 0.05) is 17.3 Å². The molecule has 0 bridgehead atoms. The van der Waals surface area contributed by atoms with Crippen molar-refractivity contribution in [2.75, 3.05) is 6.61 Å². The number of alkyl halides is 3. The quantitative estimate of drug-likeness (QED) is 0.664. The molecular weight excluding hydrogens is 268 g/mol. The van der Waals surface area contributed by atoms with Crippen LogP contribution in [0.2, 0.25) is 0 Å². The Morgan fingerprint density at radius 3 is 2.72 bits per heavy atom. The van der Waals surface area contributed by atoms with Crippen molar-refractivity contribution < 1.29 is 18.3 Å². The molecule has 100 valence electrons. The van der Waals surface area contributed by atoms with Gasteiger partial charge in [-0.2, -0.15) is 0 Å². The number of nitrogens with one attached hydrogen (secondary N) is 1. The lowest BCUT2D eigenvalue weighted by Crippen LogP contribution is -2.17. The Kier molecular flexibility index (Phi) is 5.27. The number of hydrogen-bond acceptors (Lipinski definition) is 3. The molecule has 1 aromatic heterocycles. The number of halogens is 3. The second-order valence-electron chi connectivity index (χ2n) is 3.47. The number of hydrogen-bond donors (Lipinski definition) is 1. The van der Waals surface area contributed by atoms with Gasteiger partial charge in [-0.15, -0.1) is 11.6 Å². The van der Waals surface area contributed by atoms with Crippen LogP contribution in [0.15, 0.2) is 10.9 Å². The summed E-state index contributed by atoms with van der Waals surface area (Å²) in [5.74, 6) is -0.920. The fraction of sp³-hybridized carbons (Fsp3) is 0.455. The van der Waals surface area contributed by atoms with E-state index in [-0.39, 0.29) is 30.2 Å². The van der Waals surface area contributed by atoms with E-state index in [1.54, 1.807) is 6.92 Å². The van der Waals surface area contributed by atoms with Gasteiger partial charge in [-0.3, -0.25) is 9.59 Å². The van der Waals surface area contributed by atoms with Crippen LogP contribution in [0, 0.1) is 0 Å². The molecule has 0 saturated carbocycles. The first-order chi connectivity index (χ1) is 8.49. The summed E-state index contributed by atoms with van der Waals surface area (Å²) >= 11 is 5.50. The Hall–Kier alpha value is -1.43. The molecule has 4 nitrogen and oxygen atoms in total. The summed E-state index contributed by atoms with van der Waals surface area (Å²) in [5, 5.41) is 0. The van der Waals surface area contributed by atoms with Crippen LogP contribution >= 0.6 is 11.6 Å². The monoisotopic (exact) mass is 279 g/mol. The predicted octanol–water partition coefficient (Wildman–Crippen LogP) is 2.16. The van der Waals surface area contributed by atoms with Gasteiger partial charge in [-0.05, 0) is 12.5 Å². The first kappa shape index (κ1) is 14.6. The largest absolute Gasteiger partial charge is 0.466 e. The Bertz CT molecular complexity index is 488. The number of carbonyl (C=O) groups excluding carboxylic acids is 1. The van der Waals surface area contributed by atoms with E-state index in [4.69, 9.17) is 11.6 Å². The number of aromatic nitrogens is 1. The lowest BCUT2D eigenvalue weighted by molar-refractivity contribution is -0.142. The molecule has 0 aromatic carbocycles. The van der Waals surface area contributed by atoms with Crippen LogP contribution < -0.4 is 5.56 Å². The van der Waals surface area contributed by atoms with Gasteiger partial charge in [0.25, 0.3) is 6.43 Å². The summed E-state index contributed by atoms with van der Waals surface area (Å²) in [5.41, 5.74) is -1.10. The summed E-state index contributed by atoms with van der Waals surface area (Å²) in [6.45, 7) is 1.75. The third-order valence-electron chi connectivity index (χ3n) is 2.24. The van der Waals surface area contributed by atoms with Crippen LogP contribution in [0.1, 0.15) is 30.2 Å².